The summed E-state index contributed by atoms with van der Waals surface area (Å²) in [5, 5.41) is 16.3. The molecule has 0 saturated heterocycles. The Hall–Kier alpha value is -1.36. The van der Waals surface area contributed by atoms with E-state index in [1.165, 1.54) is 0 Å². The number of nitrogens with one attached hydrogen (secondary N) is 1. The molecule has 1 amide bonds. The molecule has 2 saturated carbocycles. The van der Waals surface area contributed by atoms with E-state index in [4.69, 9.17) is 4.52 Å². The maximum absolute atomic E-state index is 11.7. The molecule has 0 aliphatic heterocycles. The van der Waals surface area contributed by atoms with Gasteiger partial charge in [0.25, 0.3) is 5.91 Å². The summed E-state index contributed by atoms with van der Waals surface area (Å²) in [5.74, 6) is 0.998. The van der Waals surface area contributed by atoms with Gasteiger partial charge in [-0.15, -0.1) is 0 Å². The summed E-state index contributed by atoms with van der Waals surface area (Å²) in [5.41, 5.74) is -0.381. The fourth-order valence-corrected chi connectivity index (χ4v) is 2.05. The molecule has 2 aliphatic rings. The van der Waals surface area contributed by atoms with E-state index in [2.05, 4.69) is 10.5 Å². The molecule has 1 heterocycles. The molecule has 2 fully saturated rings. The molecule has 0 aromatic carbocycles. The van der Waals surface area contributed by atoms with Crippen molar-refractivity contribution in [2.24, 2.45) is 0 Å². The average Bonchev–Trinajstić information content (AvgIpc) is 3.02. The SMILES string of the molecule is O=C(NCC1(O)CCC1)c1cc(C2CC2)on1. The van der Waals surface area contributed by atoms with Crippen LogP contribution in [0.1, 0.15) is 54.3 Å². The van der Waals surface area contributed by atoms with Gasteiger partial charge in [-0.25, -0.2) is 0 Å². The van der Waals surface area contributed by atoms with E-state index >= 15 is 0 Å². The molecular weight excluding hydrogens is 220 g/mol. The van der Waals surface area contributed by atoms with Gasteiger partial charge in [0.2, 0.25) is 0 Å². The van der Waals surface area contributed by atoms with Crippen molar-refractivity contribution in [2.75, 3.05) is 6.54 Å². The van der Waals surface area contributed by atoms with Crippen molar-refractivity contribution in [1.29, 1.82) is 0 Å². The van der Waals surface area contributed by atoms with Crippen LogP contribution in [0.25, 0.3) is 0 Å². The summed E-state index contributed by atoms with van der Waals surface area (Å²) in [6.07, 6.45) is 4.80. The third kappa shape index (κ3) is 2.20. The van der Waals surface area contributed by atoms with Crippen LogP contribution in [-0.4, -0.2) is 28.3 Å². The number of carbonyl (C=O) groups is 1. The number of hydrogen-bond acceptors (Lipinski definition) is 4. The van der Waals surface area contributed by atoms with Gasteiger partial charge in [0.05, 0.1) is 5.60 Å². The van der Waals surface area contributed by atoms with Gasteiger partial charge in [0.15, 0.2) is 5.69 Å². The van der Waals surface area contributed by atoms with Crippen molar-refractivity contribution in [3.05, 3.63) is 17.5 Å². The van der Waals surface area contributed by atoms with Crippen LogP contribution in [0.5, 0.6) is 0 Å². The van der Waals surface area contributed by atoms with Gasteiger partial charge in [-0.3, -0.25) is 4.79 Å². The standard InChI is InChI=1S/C12H16N2O3/c15-11(13-7-12(16)4-1-5-12)9-6-10(17-14-9)8-2-3-8/h6,8,16H,1-5,7H2,(H,13,15). The average molecular weight is 236 g/mol. The maximum atomic E-state index is 11.7. The van der Waals surface area contributed by atoms with Crippen LogP contribution in [0.2, 0.25) is 0 Å². The van der Waals surface area contributed by atoms with Crippen LogP contribution in [0, 0.1) is 0 Å². The molecule has 5 nitrogen and oxygen atoms in total. The topological polar surface area (TPSA) is 75.4 Å². The first kappa shape index (κ1) is 10.8. The van der Waals surface area contributed by atoms with Crippen molar-refractivity contribution in [1.82, 2.24) is 10.5 Å². The Morgan fingerprint density at radius 2 is 2.35 bits per heavy atom. The summed E-state index contributed by atoms with van der Waals surface area (Å²) < 4.78 is 5.11. The molecule has 0 unspecified atom stereocenters. The van der Waals surface area contributed by atoms with Crippen LogP contribution in [-0.2, 0) is 0 Å². The third-order valence-electron chi connectivity index (χ3n) is 3.60. The highest BCUT2D eigenvalue weighted by atomic mass is 16.5. The first-order valence-corrected chi connectivity index (χ1v) is 6.13. The Balaban J connectivity index is 1.57. The van der Waals surface area contributed by atoms with E-state index < -0.39 is 5.60 Å². The molecule has 0 bridgehead atoms. The van der Waals surface area contributed by atoms with Gasteiger partial charge >= 0.3 is 0 Å². The zero-order chi connectivity index (χ0) is 11.9. The summed E-state index contributed by atoms with van der Waals surface area (Å²) >= 11 is 0. The number of hydrogen-bond donors (Lipinski definition) is 2. The minimum Gasteiger partial charge on any atom is -0.388 e. The van der Waals surface area contributed by atoms with E-state index in [1.807, 2.05) is 0 Å². The van der Waals surface area contributed by atoms with Crippen molar-refractivity contribution in [2.45, 2.75) is 43.6 Å². The normalized spacial score (nSPS) is 21.9. The molecule has 17 heavy (non-hydrogen) atoms. The predicted molar refractivity (Wildman–Crippen MR) is 59.6 cm³/mol. The highest BCUT2D eigenvalue weighted by Gasteiger charge is 2.35. The number of nitrogens with zero attached hydrogens (tertiary/aromatic N) is 1. The molecule has 5 heteroatoms. The summed E-state index contributed by atoms with van der Waals surface area (Å²) in [7, 11) is 0. The summed E-state index contributed by atoms with van der Waals surface area (Å²) in [6.45, 7) is 0.303. The van der Waals surface area contributed by atoms with E-state index in [-0.39, 0.29) is 5.91 Å². The smallest absolute Gasteiger partial charge is 0.273 e. The van der Waals surface area contributed by atoms with Gasteiger partial charge in [-0.05, 0) is 32.1 Å². The first-order valence-electron chi connectivity index (χ1n) is 6.13. The molecule has 0 radical (unpaired) electrons. The van der Waals surface area contributed by atoms with E-state index in [9.17, 15) is 9.90 Å². The lowest BCUT2D eigenvalue weighted by Crippen LogP contribution is -2.47. The second kappa shape index (κ2) is 3.84. The second-order valence-corrected chi connectivity index (χ2v) is 5.15. The lowest BCUT2D eigenvalue weighted by atomic mass is 9.80. The van der Waals surface area contributed by atoms with Crippen molar-refractivity contribution in [3.63, 3.8) is 0 Å². The molecule has 3 rings (SSSR count). The van der Waals surface area contributed by atoms with Crippen molar-refractivity contribution >= 4 is 5.91 Å². The Bertz CT molecular complexity index is 433. The molecule has 0 atom stereocenters. The highest BCUT2D eigenvalue weighted by molar-refractivity contribution is 5.92. The monoisotopic (exact) mass is 236 g/mol. The first-order chi connectivity index (χ1) is 8.16. The Labute approximate surface area is 99.2 Å². The molecule has 2 N–H and O–H groups in total. The quantitative estimate of drug-likeness (QED) is 0.823. The molecule has 1 aromatic heterocycles. The lowest BCUT2D eigenvalue weighted by molar-refractivity contribution is -0.0301. The van der Waals surface area contributed by atoms with Crippen LogP contribution in [0.4, 0.5) is 0 Å². The van der Waals surface area contributed by atoms with Crippen molar-refractivity contribution in [3.8, 4) is 0 Å². The minimum atomic E-state index is -0.696. The molecular formula is C12H16N2O3. The fraction of sp³-hybridized carbons (Fsp3) is 0.667. The molecule has 92 valence electrons. The van der Waals surface area contributed by atoms with Gasteiger partial charge in [0, 0.05) is 18.5 Å². The van der Waals surface area contributed by atoms with Crippen LogP contribution in [0.3, 0.4) is 0 Å². The molecule has 2 aliphatic carbocycles. The lowest BCUT2D eigenvalue weighted by Gasteiger charge is -2.36. The number of carbonyl (C=O) groups excluding carboxylic acids is 1. The molecule has 0 spiro atoms. The van der Waals surface area contributed by atoms with Crippen LogP contribution >= 0.6 is 0 Å². The zero-order valence-electron chi connectivity index (χ0n) is 9.61. The minimum absolute atomic E-state index is 0.263. The van der Waals surface area contributed by atoms with Gasteiger partial charge < -0.3 is 14.9 Å². The summed E-state index contributed by atoms with van der Waals surface area (Å²) in [4.78, 5) is 11.7. The van der Waals surface area contributed by atoms with E-state index in [1.54, 1.807) is 6.07 Å². The van der Waals surface area contributed by atoms with E-state index in [0.29, 0.717) is 18.2 Å². The predicted octanol–water partition coefficient (Wildman–Crippen LogP) is 1.20. The number of aliphatic hydroxyl groups is 1. The Morgan fingerprint density at radius 1 is 1.59 bits per heavy atom. The van der Waals surface area contributed by atoms with Gasteiger partial charge in [-0.1, -0.05) is 5.16 Å². The van der Waals surface area contributed by atoms with Gasteiger partial charge in [0.1, 0.15) is 5.76 Å². The van der Waals surface area contributed by atoms with Crippen LogP contribution in [0.15, 0.2) is 10.6 Å². The number of aromatic nitrogens is 1. The van der Waals surface area contributed by atoms with E-state index in [0.717, 1.165) is 37.9 Å². The van der Waals surface area contributed by atoms with Crippen molar-refractivity contribution < 1.29 is 14.4 Å². The maximum Gasteiger partial charge on any atom is 0.273 e. The second-order valence-electron chi connectivity index (χ2n) is 5.15. The largest absolute Gasteiger partial charge is 0.388 e. The number of amides is 1. The highest BCUT2D eigenvalue weighted by Crippen LogP contribution is 2.40. The van der Waals surface area contributed by atoms with Gasteiger partial charge in [-0.2, -0.15) is 0 Å². The Morgan fingerprint density at radius 3 is 2.94 bits per heavy atom. The Kier molecular flexibility index (Phi) is 2.43. The fourth-order valence-electron chi connectivity index (χ4n) is 2.05. The summed E-state index contributed by atoms with van der Waals surface area (Å²) in [6, 6.07) is 1.71. The van der Waals surface area contributed by atoms with Crippen LogP contribution < -0.4 is 5.32 Å². The zero-order valence-corrected chi connectivity index (χ0v) is 9.61. The molecule has 1 aromatic rings. The number of rotatable bonds is 4. The third-order valence-corrected chi connectivity index (χ3v) is 3.60.